The standard InChI is InChI=1S/C53H96O6/c1-4-7-10-13-16-19-22-23-24-25-26-27-28-29-32-34-37-40-43-46-52(55)58-49-50(59-53(56)47-44-41-38-35-31-21-18-15-12-9-6-3)48-57-51(54)45-42-39-36-33-30-20-17-14-11-8-5-2/h15-16,18-19,23-24,50H,4-14,17,20-22,25-49H2,1-3H3/b18-15-,19-16-,24-23-. The number of carbonyl (C=O) groups excluding carboxylic acids is 3. The molecular weight excluding hydrogens is 733 g/mol. The van der Waals surface area contributed by atoms with Crippen molar-refractivity contribution in [2.45, 2.75) is 271 Å². The van der Waals surface area contributed by atoms with Crippen LogP contribution in [0.4, 0.5) is 0 Å². The van der Waals surface area contributed by atoms with Gasteiger partial charge in [0.1, 0.15) is 13.2 Å². The van der Waals surface area contributed by atoms with Crippen molar-refractivity contribution >= 4 is 17.9 Å². The molecule has 0 aromatic carbocycles. The number of rotatable bonds is 46. The smallest absolute Gasteiger partial charge is 0.306 e. The number of esters is 3. The predicted octanol–water partition coefficient (Wildman–Crippen LogP) is 16.5. The normalized spacial score (nSPS) is 12.3. The third-order valence-electron chi connectivity index (χ3n) is 11.1. The Morgan fingerprint density at radius 3 is 1.03 bits per heavy atom. The fourth-order valence-electron chi connectivity index (χ4n) is 7.22. The molecular formula is C53H96O6. The Morgan fingerprint density at radius 2 is 0.627 bits per heavy atom. The molecule has 6 heteroatoms. The van der Waals surface area contributed by atoms with Crippen molar-refractivity contribution in [1.29, 1.82) is 0 Å². The van der Waals surface area contributed by atoms with E-state index in [0.717, 1.165) is 77.0 Å². The maximum Gasteiger partial charge on any atom is 0.306 e. The van der Waals surface area contributed by atoms with E-state index in [1.165, 1.54) is 148 Å². The minimum Gasteiger partial charge on any atom is -0.462 e. The fourth-order valence-corrected chi connectivity index (χ4v) is 7.22. The van der Waals surface area contributed by atoms with Gasteiger partial charge in [-0.2, -0.15) is 0 Å². The van der Waals surface area contributed by atoms with E-state index in [2.05, 4.69) is 57.2 Å². The zero-order valence-electron chi connectivity index (χ0n) is 39.3. The van der Waals surface area contributed by atoms with Crippen LogP contribution in [0.5, 0.6) is 0 Å². The molecule has 59 heavy (non-hydrogen) atoms. The summed E-state index contributed by atoms with van der Waals surface area (Å²) in [4.78, 5) is 37.8. The molecule has 0 saturated heterocycles. The first-order valence-corrected chi connectivity index (χ1v) is 25.5. The first-order chi connectivity index (χ1) is 29.0. The molecule has 0 radical (unpaired) electrons. The van der Waals surface area contributed by atoms with E-state index < -0.39 is 6.10 Å². The molecule has 344 valence electrons. The first-order valence-electron chi connectivity index (χ1n) is 25.5. The van der Waals surface area contributed by atoms with Gasteiger partial charge >= 0.3 is 17.9 Å². The number of unbranched alkanes of at least 4 members (excludes halogenated alkanes) is 29. The van der Waals surface area contributed by atoms with E-state index in [0.29, 0.717) is 19.3 Å². The van der Waals surface area contributed by atoms with Crippen LogP contribution in [0, 0.1) is 0 Å². The SMILES string of the molecule is CCCC/C=C\CCCCCCCC(=O)OC(COC(=O)CCCCCCCCCCC/C=C\C/C=C\CCCCC)COC(=O)CCCCCCCCCCCCC. The second-order valence-electron chi connectivity index (χ2n) is 17.1. The Balaban J connectivity index is 4.29. The van der Waals surface area contributed by atoms with Crippen LogP contribution in [-0.4, -0.2) is 37.2 Å². The van der Waals surface area contributed by atoms with Gasteiger partial charge < -0.3 is 14.2 Å². The molecule has 1 atom stereocenters. The van der Waals surface area contributed by atoms with Gasteiger partial charge in [-0.3, -0.25) is 14.4 Å². The zero-order chi connectivity index (χ0) is 43.0. The van der Waals surface area contributed by atoms with Crippen molar-refractivity contribution in [3.05, 3.63) is 36.5 Å². The van der Waals surface area contributed by atoms with Gasteiger partial charge in [-0.25, -0.2) is 0 Å². The van der Waals surface area contributed by atoms with Crippen LogP contribution >= 0.6 is 0 Å². The van der Waals surface area contributed by atoms with Gasteiger partial charge in [-0.15, -0.1) is 0 Å². The molecule has 0 aliphatic carbocycles. The monoisotopic (exact) mass is 829 g/mol. The molecule has 0 amide bonds. The maximum atomic E-state index is 12.7. The minimum absolute atomic E-state index is 0.0742. The highest BCUT2D eigenvalue weighted by molar-refractivity contribution is 5.71. The summed E-state index contributed by atoms with van der Waals surface area (Å²) in [5.41, 5.74) is 0. The molecule has 0 spiro atoms. The lowest BCUT2D eigenvalue weighted by molar-refractivity contribution is -0.167. The van der Waals surface area contributed by atoms with Gasteiger partial charge in [-0.05, 0) is 70.6 Å². The molecule has 0 rings (SSSR count). The molecule has 0 bridgehead atoms. The second kappa shape index (κ2) is 48.3. The Morgan fingerprint density at radius 1 is 0.339 bits per heavy atom. The molecule has 1 unspecified atom stereocenters. The molecule has 0 heterocycles. The number of hydrogen-bond donors (Lipinski definition) is 0. The third-order valence-corrected chi connectivity index (χ3v) is 11.1. The lowest BCUT2D eigenvalue weighted by Crippen LogP contribution is -2.30. The average Bonchev–Trinajstić information content (AvgIpc) is 3.23. The van der Waals surface area contributed by atoms with Gasteiger partial charge in [0.15, 0.2) is 6.10 Å². The predicted molar refractivity (Wildman–Crippen MR) is 252 cm³/mol. The molecule has 0 saturated carbocycles. The second-order valence-corrected chi connectivity index (χ2v) is 17.1. The van der Waals surface area contributed by atoms with Gasteiger partial charge in [0.05, 0.1) is 0 Å². The summed E-state index contributed by atoms with van der Waals surface area (Å²) in [6.07, 6.45) is 55.5. The molecule has 0 aromatic heterocycles. The van der Waals surface area contributed by atoms with Gasteiger partial charge in [0.25, 0.3) is 0 Å². The molecule has 0 aromatic rings. The van der Waals surface area contributed by atoms with E-state index >= 15 is 0 Å². The Hall–Kier alpha value is -2.37. The lowest BCUT2D eigenvalue weighted by Gasteiger charge is -2.18. The number of carbonyl (C=O) groups is 3. The van der Waals surface area contributed by atoms with Crippen molar-refractivity contribution in [2.75, 3.05) is 13.2 Å². The van der Waals surface area contributed by atoms with E-state index in [-0.39, 0.29) is 31.1 Å². The van der Waals surface area contributed by atoms with Crippen LogP contribution in [0.15, 0.2) is 36.5 Å². The molecule has 0 fully saturated rings. The topological polar surface area (TPSA) is 78.9 Å². The fraction of sp³-hybridized carbons (Fsp3) is 0.830. The third kappa shape index (κ3) is 46.5. The summed E-state index contributed by atoms with van der Waals surface area (Å²) < 4.78 is 16.8. The maximum absolute atomic E-state index is 12.7. The summed E-state index contributed by atoms with van der Waals surface area (Å²) in [6.45, 7) is 6.57. The van der Waals surface area contributed by atoms with Gasteiger partial charge in [-0.1, -0.05) is 211 Å². The van der Waals surface area contributed by atoms with Crippen molar-refractivity contribution in [1.82, 2.24) is 0 Å². The number of allylic oxidation sites excluding steroid dienone is 6. The van der Waals surface area contributed by atoms with Crippen LogP contribution < -0.4 is 0 Å². The quantitative estimate of drug-likeness (QED) is 0.0263. The highest BCUT2D eigenvalue weighted by Crippen LogP contribution is 2.15. The van der Waals surface area contributed by atoms with Crippen molar-refractivity contribution in [3.63, 3.8) is 0 Å². The van der Waals surface area contributed by atoms with Crippen LogP contribution in [0.2, 0.25) is 0 Å². The molecule has 0 aliphatic heterocycles. The molecule has 6 nitrogen and oxygen atoms in total. The highest BCUT2D eigenvalue weighted by Gasteiger charge is 2.19. The van der Waals surface area contributed by atoms with E-state index in [4.69, 9.17) is 14.2 Å². The Labute approximate surface area is 365 Å². The Kier molecular flexibility index (Phi) is 46.4. The lowest BCUT2D eigenvalue weighted by atomic mass is 10.1. The summed E-state index contributed by atoms with van der Waals surface area (Å²) in [5, 5.41) is 0. The zero-order valence-corrected chi connectivity index (χ0v) is 39.3. The Bertz CT molecular complexity index is 1000. The summed E-state index contributed by atoms with van der Waals surface area (Å²) in [6, 6.07) is 0. The van der Waals surface area contributed by atoms with Crippen LogP contribution in [0.1, 0.15) is 265 Å². The molecule has 0 N–H and O–H groups in total. The summed E-state index contributed by atoms with van der Waals surface area (Å²) >= 11 is 0. The molecule has 0 aliphatic rings. The van der Waals surface area contributed by atoms with E-state index in [1.807, 2.05) is 0 Å². The highest BCUT2D eigenvalue weighted by atomic mass is 16.6. The van der Waals surface area contributed by atoms with Crippen LogP contribution in [0.3, 0.4) is 0 Å². The minimum atomic E-state index is -0.773. The van der Waals surface area contributed by atoms with Crippen molar-refractivity contribution < 1.29 is 28.6 Å². The van der Waals surface area contributed by atoms with Gasteiger partial charge in [0, 0.05) is 19.3 Å². The number of hydrogen-bond acceptors (Lipinski definition) is 6. The van der Waals surface area contributed by atoms with Gasteiger partial charge in [0.2, 0.25) is 0 Å². The summed E-state index contributed by atoms with van der Waals surface area (Å²) in [7, 11) is 0. The van der Waals surface area contributed by atoms with E-state index in [1.54, 1.807) is 0 Å². The average molecular weight is 829 g/mol. The first kappa shape index (κ1) is 56.6. The van der Waals surface area contributed by atoms with Crippen LogP contribution in [-0.2, 0) is 28.6 Å². The largest absolute Gasteiger partial charge is 0.462 e. The number of ether oxygens (including phenoxy) is 3. The van der Waals surface area contributed by atoms with Crippen molar-refractivity contribution in [3.8, 4) is 0 Å². The van der Waals surface area contributed by atoms with E-state index in [9.17, 15) is 14.4 Å². The van der Waals surface area contributed by atoms with Crippen LogP contribution in [0.25, 0.3) is 0 Å². The summed E-state index contributed by atoms with van der Waals surface area (Å²) in [5.74, 6) is -0.882. The van der Waals surface area contributed by atoms with Crippen molar-refractivity contribution in [2.24, 2.45) is 0 Å².